The predicted molar refractivity (Wildman–Crippen MR) is 74.7 cm³/mol. The van der Waals surface area contributed by atoms with Crippen molar-refractivity contribution in [3.8, 4) is 0 Å². The maximum absolute atomic E-state index is 11.8. The Bertz CT molecular complexity index is 497. The van der Waals surface area contributed by atoms with Gasteiger partial charge in [-0.1, -0.05) is 49.1 Å². The van der Waals surface area contributed by atoms with Gasteiger partial charge in [0.05, 0.1) is 6.54 Å². The Labute approximate surface area is 108 Å². The predicted octanol–water partition coefficient (Wildman–Crippen LogP) is 3.49. The van der Waals surface area contributed by atoms with Crippen LogP contribution >= 0.6 is 0 Å². The summed E-state index contributed by atoms with van der Waals surface area (Å²) in [5.74, 6) is 0.188. The van der Waals surface area contributed by atoms with Crippen LogP contribution < -0.4 is 0 Å². The lowest BCUT2D eigenvalue weighted by atomic mass is 9.91. The van der Waals surface area contributed by atoms with E-state index in [1.807, 2.05) is 30.3 Å². The zero-order valence-corrected chi connectivity index (χ0v) is 10.4. The Morgan fingerprint density at radius 2 is 2.00 bits per heavy atom. The molecular formula is C16H17NO. The second-order valence-electron chi connectivity index (χ2n) is 4.34. The molecule has 0 atom stereocenters. The Morgan fingerprint density at radius 3 is 2.72 bits per heavy atom. The van der Waals surface area contributed by atoms with E-state index in [-0.39, 0.29) is 5.78 Å². The fraction of sp³-hybridized carbons (Fsp3) is 0.250. The molecule has 0 bridgehead atoms. The first-order valence-electron chi connectivity index (χ1n) is 6.25. The van der Waals surface area contributed by atoms with Crippen LogP contribution in [-0.2, 0) is 11.3 Å². The zero-order chi connectivity index (χ0) is 12.8. The van der Waals surface area contributed by atoms with Gasteiger partial charge in [-0.05, 0) is 18.4 Å². The summed E-state index contributed by atoms with van der Waals surface area (Å²) in [6, 6.07) is 10.1. The van der Waals surface area contributed by atoms with Crippen LogP contribution in [0.4, 0.5) is 0 Å². The number of benzene rings is 1. The van der Waals surface area contributed by atoms with Crippen LogP contribution in [0, 0.1) is 0 Å². The maximum Gasteiger partial charge on any atom is 0.164 e. The number of rotatable bonds is 3. The first-order valence-corrected chi connectivity index (χ1v) is 6.25. The third-order valence-electron chi connectivity index (χ3n) is 3.01. The van der Waals surface area contributed by atoms with E-state index in [1.54, 1.807) is 12.2 Å². The van der Waals surface area contributed by atoms with Gasteiger partial charge in [0.2, 0.25) is 0 Å². The molecule has 2 rings (SSSR count). The molecule has 0 amide bonds. The summed E-state index contributed by atoms with van der Waals surface area (Å²) >= 11 is 0. The van der Waals surface area contributed by atoms with Gasteiger partial charge in [-0.3, -0.25) is 9.79 Å². The Morgan fingerprint density at radius 1 is 1.22 bits per heavy atom. The number of allylic oxidation sites excluding steroid dienone is 3. The van der Waals surface area contributed by atoms with E-state index in [2.05, 4.69) is 11.6 Å². The van der Waals surface area contributed by atoms with Crippen molar-refractivity contribution in [3.63, 3.8) is 0 Å². The van der Waals surface area contributed by atoms with Gasteiger partial charge < -0.3 is 0 Å². The summed E-state index contributed by atoms with van der Waals surface area (Å²) in [7, 11) is 0. The second kappa shape index (κ2) is 6.10. The number of carbonyl (C=O) groups excluding carboxylic acids is 1. The number of Topliss-reactive ketones (excluding diaryl/α,β-unsaturated/α-hetero) is 1. The molecular weight excluding hydrogens is 222 g/mol. The van der Waals surface area contributed by atoms with Gasteiger partial charge in [0.25, 0.3) is 0 Å². The SMILES string of the molecule is C=CC=C1C(=O)CCCC1=NCc1ccccc1. The maximum atomic E-state index is 11.8. The van der Waals surface area contributed by atoms with Crippen LogP contribution in [0.15, 0.2) is 59.6 Å². The molecule has 18 heavy (non-hydrogen) atoms. The fourth-order valence-electron chi connectivity index (χ4n) is 2.09. The molecule has 2 nitrogen and oxygen atoms in total. The first-order chi connectivity index (χ1) is 8.81. The lowest BCUT2D eigenvalue weighted by molar-refractivity contribution is -0.115. The number of hydrogen-bond acceptors (Lipinski definition) is 2. The Hall–Kier alpha value is -1.96. The third-order valence-corrected chi connectivity index (χ3v) is 3.01. The van der Waals surface area contributed by atoms with Gasteiger partial charge >= 0.3 is 0 Å². The smallest absolute Gasteiger partial charge is 0.164 e. The highest BCUT2D eigenvalue weighted by molar-refractivity contribution is 6.24. The molecule has 92 valence electrons. The number of carbonyl (C=O) groups is 1. The van der Waals surface area contributed by atoms with Crippen molar-refractivity contribution < 1.29 is 4.79 Å². The molecule has 1 aromatic rings. The lowest BCUT2D eigenvalue weighted by Crippen LogP contribution is -2.19. The molecule has 0 unspecified atom stereocenters. The molecule has 1 saturated carbocycles. The minimum atomic E-state index is 0.188. The molecule has 0 radical (unpaired) electrons. The van der Waals surface area contributed by atoms with E-state index in [4.69, 9.17) is 0 Å². The van der Waals surface area contributed by atoms with E-state index < -0.39 is 0 Å². The van der Waals surface area contributed by atoms with E-state index in [9.17, 15) is 4.79 Å². The topological polar surface area (TPSA) is 29.4 Å². The van der Waals surface area contributed by atoms with Crippen molar-refractivity contribution in [2.24, 2.45) is 4.99 Å². The van der Waals surface area contributed by atoms with Crippen LogP contribution in [0.25, 0.3) is 0 Å². The number of nitrogens with zero attached hydrogens (tertiary/aromatic N) is 1. The van der Waals surface area contributed by atoms with Crippen molar-refractivity contribution >= 4 is 11.5 Å². The minimum Gasteiger partial charge on any atom is -0.294 e. The molecule has 0 N–H and O–H groups in total. The van der Waals surface area contributed by atoms with E-state index >= 15 is 0 Å². The average Bonchev–Trinajstić information content (AvgIpc) is 2.41. The number of ketones is 1. The molecule has 0 heterocycles. The highest BCUT2D eigenvalue weighted by Gasteiger charge is 2.20. The molecule has 0 saturated heterocycles. The highest BCUT2D eigenvalue weighted by Crippen LogP contribution is 2.19. The number of hydrogen-bond donors (Lipinski definition) is 0. The lowest BCUT2D eigenvalue weighted by Gasteiger charge is -2.15. The van der Waals surface area contributed by atoms with Crippen LogP contribution in [0.5, 0.6) is 0 Å². The molecule has 1 aromatic carbocycles. The quantitative estimate of drug-likeness (QED) is 0.742. The molecule has 0 spiro atoms. The van der Waals surface area contributed by atoms with Crippen molar-refractivity contribution in [2.45, 2.75) is 25.8 Å². The molecule has 0 aromatic heterocycles. The van der Waals surface area contributed by atoms with Crippen LogP contribution in [0.2, 0.25) is 0 Å². The van der Waals surface area contributed by atoms with E-state index in [0.717, 1.165) is 24.1 Å². The van der Waals surface area contributed by atoms with Crippen molar-refractivity contribution in [3.05, 3.63) is 60.2 Å². The fourth-order valence-corrected chi connectivity index (χ4v) is 2.09. The van der Waals surface area contributed by atoms with Crippen molar-refractivity contribution in [2.75, 3.05) is 0 Å². The Balaban J connectivity index is 2.17. The Kier molecular flexibility index (Phi) is 4.24. The van der Waals surface area contributed by atoms with E-state index in [0.29, 0.717) is 13.0 Å². The summed E-state index contributed by atoms with van der Waals surface area (Å²) in [5, 5.41) is 0. The average molecular weight is 239 g/mol. The summed E-state index contributed by atoms with van der Waals surface area (Å²) in [6.45, 7) is 4.30. The van der Waals surface area contributed by atoms with Crippen LogP contribution in [0.1, 0.15) is 24.8 Å². The molecule has 1 aliphatic rings. The first kappa shape index (κ1) is 12.5. The van der Waals surface area contributed by atoms with E-state index in [1.165, 1.54) is 5.56 Å². The molecule has 1 aliphatic carbocycles. The number of aliphatic imine (C=N–C) groups is 1. The largest absolute Gasteiger partial charge is 0.294 e. The third kappa shape index (κ3) is 3.04. The van der Waals surface area contributed by atoms with Gasteiger partial charge in [0.1, 0.15) is 0 Å². The minimum absolute atomic E-state index is 0.188. The van der Waals surface area contributed by atoms with Crippen LogP contribution in [0.3, 0.4) is 0 Å². The molecule has 0 aliphatic heterocycles. The standard InChI is InChI=1S/C16H17NO/c1-2-7-14-15(10-6-11-16(14)18)17-12-13-8-4-3-5-9-13/h2-5,7-9H,1,6,10-12H2. The van der Waals surface area contributed by atoms with Crippen molar-refractivity contribution in [1.29, 1.82) is 0 Å². The summed E-state index contributed by atoms with van der Waals surface area (Å²) in [5.41, 5.74) is 2.84. The van der Waals surface area contributed by atoms with Gasteiger partial charge in [0, 0.05) is 17.7 Å². The van der Waals surface area contributed by atoms with Gasteiger partial charge in [0.15, 0.2) is 5.78 Å². The highest BCUT2D eigenvalue weighted by atomic mass is 16.1. The molecule has 1 fully saturated rings. The molecule has 2 heteroatoms. The normalized spacial score (nSPS) is 20.3. The van der Waals surface area contributed by atoms with Gasteiger partial charge in [-0.15, -0.1) is 0 Å². The summed E-state index contributed by atoms with van der Waals surface area (Å²) in [4.78, 5) is 16.4. The monoisotopic (exact) mass is 239 g/mol. The second-order valence-corrected chi connectivity index (χ2v) is 4.34. The van der Waals surface area contributed by atoms with Crippen LogP contribution in [-0.4, -0.2) is 11.5 Å². The summed E-state index contributed by atoms with van der Waals surface area (Å²) in [6.07, 6.45) is 5.87. The van der Waals surface area contributed by atoms with Gasteiger partial charge in [-0.25, -0.2) is 0 Å². The summed E-state index contributed by atoms with van der Waals surface area (Å²) < 4.78 is 0. The zero-order valence-electron chi connectivity index (χ0n) is 10.4. The van der Waals surface area contributed by atoms with Gasteiger partial charge in [-0.2, -0.15) is 0 Å². The van der Waals surface area contributed by atoms with Crippen molar-refractivity contribution in [1.82, 2.24) is 0 Å².